The molecule has 1 unspecified atom stereocenters. The molecule has 1 fully saturated rings. The number of anilines is 3. The Bertz CT molecular complexity index is 1470. The Labute approximate surface area is 237 Å². The summed E-state index contributed by atoms with van der Waals surface area (Å²) in [6.07, 6.45) is 4.82. The molecule has 2 aliphatic rings. The fourth-order valence-corrected chi connectivity index (χ4v) is 5.45. The molecule has 3 aromatic heterocycles. The third-order valence-corrected chi connectivity index (χ3v) is 7.37. The van der Waals surface area contributed by atoms with Gasteiger partial charge in [-0.1, -0.05) is 6.92 Å². The van der Waals surface area contributed by atoms with E-state index in [0.717, 1.165) is 5.69 Å². The lowest BCUT2D eigenvalue weighted by Gasteiger charge is -2.42. The molecule has 0 aromatic carbocycles. The largest absolute Gasteiger partial charge is 0.374 e. The van der Waals surface area contributed by atoms with Gasteiger partial charge < -0.3 is 26.0 Å². The smallest absolute Gasteiger partial charge is 0.229 e. The number of halogens is 2. The van der Waals surface area contributed by atoms with Crippen LogP contribution >= 0.6 is 0 Å². The number of ether oxygens (including phenoxy) is 1. The first-order chi connectivity index (χ1) is 19.6. The van der Waals surface area contributed by atoms with Crippen molar-refractivity contribution in [3.8, 4) is 0 Å². The first-order valence-electron chi connectivity index (χ1n) is 13.8. The van der Waals surface area contributed by atoms with Gasteiger partial charge in [-0.15, -0.1) is 0 Å². The molecule has 5 rings (SSSR count). The Hall–Kier alpha value is -3.90. The third kappa shape index (κ3) is 6.23. The minimum absolute atomic E-state index is 0.0327. The van der Waals surface area contributed by atoms with Crippen molar-refractivity contribution in [3.63, 3.8) is 0 Å². The molecule has 12 heteroatoms. The minimum atomic E-state index is -1.55. The summed E-state index contributed by atoms with van der Waals surface area (Å²) in [7, 11) is 0. The summed E-state index contributed by atoms with van der Waals surface area (Å²) >= 11 is 0. The van der Waals surface area contributed by atoms with E-state index in [-0.39, 0.29) is 54.3 Å². The number of nitrogens with one attached hydrogen (secondary N) is 2. The minimum Gasteiger partial charge on any atom is -0.374 e. The van der Waals surface area contributed by atoms with Gasteiger partial charge in [-0.05, 0) is 49.6 Å². The van der Waals surface area contributed by atoms with Gasteiger partial charge in [-0.3, -0.25) is 9.78 Å². The van der Waals surface area contributed by atoms with Crippen LogP contribution in [0.1, 0.15) is 39.8 Å². The van der Waals surface area contributed by atoms with Crippen molar-refractivity contribution in [2.24, 2.45) is 11.7 Å². The number of carbonyl (C=O) groups is 1. The number of amides is 1. The third-order valence-electron chi connectivity index (χ3n) is 7.37. The summed E-state index contributed by atoms with van der Waals surface area (Å²) in [5.74, 6) is -0.279. The zero-order valence-corrected chi connectivity index (χ0v) is 23.6. The first kappa shape index (κ1) is 28.6. The van der Waals surface area contributed by atoms with E-state index in [1.54, 1.807) is 30.7 Å². The first-order valence-corrected chi connectivity index (χ1v) is 13.8. The van der Waals surface area contributed by atoms with Crippen LogP contribution in [-0.2, 0) is 9.53 Å². The highest BCUT2D eigenvalue weighted by molar-refractivity contribution is 5.76. The molecule has 0 radical (unpaired) electrons. The van der Waals surface area contributed by atoms with E-state index in [0.29, 0.717) is 35.8 Å². The van der Waals surface area contributed by atoms with Gasteiger partial charge in [0.1, 0.15) is 12.0 Å². The second kappa shape index (κ2) is 11.9. The fraction of sp³-hybridized carbons (Fsp3) is 0.448. The number of hydrogen-bond acceptors (Lipinski definition) is 8. The Morgan fingerprint density at radius 2 is 2.05 bits per heavy atom. The number of fused-ring (bicyclic) bond motifs is 1. The van der Waals surface area contributed by atoms with Gasteiger partial charge >= 0.3 is 0 Å². The van der Waals surface area contributed by atoms with Crippen LogP contribution in [-0.4, -0.2) is 69.5 Å². The maximum atomic E-state index is 15.2. The van der Waals surface area contributed by atoms with Crippen LogP contribution in [0.25, 0.3) is 11.1 Å². The van der Waals surface area contributed by atoms with Crippen molar-refractivity contribution in [1.82, 2.24) is 24.9 Å². The number of nitrogens with two attached hydrogens (primary N) is 1. The highest BCUT2D eigenvalue weighted by Gasteiger charge is 2.34. The average molecular weight is 567 g/mol. The number of pyridine rings is 1. The van der Waals surface area contributed by atoms with Crippen molar-refractivity contribution in [2.45, 2.75) is 58.5 Å². The topological polar surface area (TPSA) is 123 Å². The molecule has 1 aliphatic heterocycles. The summed E-state index contributed by atoms with van der Waals surface area (Å²) < 4.78 is 37.4. The molecule has 1 amide bonds. The molecule has 4 heterocycles. The van der Waals surface area contributed by atoms with Gasteiger partial charge in [-0.25, -0.2) is 13.8 Å². The summed E-state index contributed by atoms with van der Waals surface area (Å²) in [5.41, 5.74) is 9.32. The van der Waals surface area contributed by atoms with Crippen LogP contribution in [0.15, 0.2) is 54.3 Å². The van der Waals surface area contributed by atoms with Crippen LogP contribution < -0.4 is 21.3 Å². The lowest BCUT2D eigenvalue weighted by molar-refractivity contribution is -0.120. The van der Waals surface area contributed by atoms with Gasteiger partial charge in [0, 0.05) is 50.3 Å². The van der Waals surface area contributed by atoms with Gasteiger partial charge in [0.15, 0.2) is 0 Å². The molecule has 4 N–H and O–H groups in total. The molecule has 218 valence electrons. The van der Waals surface area contributed by atoms with E-state index in [2.05, 4.69) is 37.5 Å². The molecule has 0 saturated carbocycles. The predicted octanol–water partition coefficient (Wildman–Crippen LogP) is 3.93. The molecule has 0 bridgehead atoms. The zero-order valence-electron chi connectivity index (χ0n) is 23.6. The number of aromatic nitrogens is 4. The number of alkyl halides is 1. The van der Waals surface area contributed by atoms with Crippen LogP contribution in [0.2, 0.25) is 0 Å². The Morgan fingerprint density at radius 1 is 1.24 bits per heavy atom. The van der Waals surface area contributed by atoms with Crippen molar-refractivity contribution >= 4 is 34.3 Å². The highest BCUT2D eigenvalue weighted by atomic mass is 19.1. The molecule has 1 aliphatic carbocycles. The van der Waals surface area contributed by atoms with Crippen LogP contribution in [0.5, 0.6) is 0 Å². The van der Waals surface area contributed by atoms with Gasteiger partial charge in [-0.2, -0.15) is 9.61 Å². The van der Waals surface area contributed by atoms with Crippen molar-refractivity contribution in [2.75, 3.05) is 29.9 Å². The average Bonchev–Trinajstić information content (AvgIpc) is 3.31. The maximum Gasteiger partial charge on any atom is 0.229 e. The summed E-state index contributed by atoms with van der Waals surface area (Å²) in [6, 6.07) is 4.83. The fourth-order valence-electron chi connectivity index (χ4n) is 5.45. The second-order valence-electron chi connectivity index (χ2n) is 11.0. The van der Waals surface area contributed by atoms with E-state index in [4.69, 9.17) is 10.5 Å². The lowest BCUT2D eigenvalue weighted by atomic mass is 9.89. The van der Waals surface area contributed by atoms with E-state index in [9.17, 15) is 4.79 Å². The second-order valence-corrected chi connectivity index (χ2v) is 11.0. The number of allylic oxidation sites excluding steroid dienone is 3. The van der Waals surface area contributed by atoms with Crippen LogP contribution in [0.4, 0.5) is 26.1 Å². The summed E-state index contributed by atoms with van der Waals surface area (Å²) in [6.45, 7) is 8.69. The van der Waals surface area contributed by atoms with Crippen molar-refractivity contribution in [3.05, 3.63) is 60.0 Å². The zero-order chi connectivity index (χ0) is 29.3. The lowest BCUT2D eigenvalue weighted by Crippen LogP contribution is -2.61. The van der Waals surface area contributed by atoms with E-state index in [1.807, 2.05) is 19.9 Å². The van der Waals surface area contributed by atoms with Crippen LogP contribution in [0, 0.1) is 5.92 Å². The number of imidazole rings is 1. The number of hydrogen-bond donors (Lipinski definition) is 3. The predicted molar refractivity (Wildman–Crippen MR) is 154 cm³/mol. The molecular weight excluding hydrogens is 530 g/mol. The molecule has 3 aromatic rings. The maximum absolute atomic E-state index is 15.2. The monoisotopic (exact) mass is 566 g/mol. The number of nitrogens with zero attached hydrogens (tertiary/aromatic N) is 5. The van der Waals surface area contributed by atoms with Gasteiger partial charge in [0.05, 0.1) is 47.7 Å². The molecule has 0 spiro atoms. The number of piperidine rings is 1. The van der Waals surface area contributed by atoms with Crippen molar-refractivity contribution in [1.29, 1.82) is 0 Å². The van der Waals surface area contributed by atoms with E-state index in [1.165, 1.54) is 17.5 Å². The molecule has 1 saturated heterocycles. The molecular formula is C29H36F2N8O2. The number of rotatable bonds is 8. The Kier molecular flexibility index (Phi) is 8.32. The molecule has 4 atom stereocenters. The summed E-state index contributed by atoms with van der Waals surface area (Å²) in [5, 5.41) is 10.8. The summed E-state index contributed by atoms with van der Waals surface area (Å²) in [4.78, 5) is 22.5. The quantitative estimate of drug-likeness (QED) is 0.375. The van der Waals surface area contributed by atoms with Crippen molar-refractivity contribution < 1.29 is 18.3 Å². The van der Waals surface area contributed by atoms with E-state index < -0.39 is 12.0 Å². The van der Waals surface area contributed by atoms with Gasteiger partial charge in [0.25, 0.3) is 0 Å². The number of carbonyl (C=O) groups excluding carboxylic acids is 1. The van der Waals surface area contributed by atoms with Gasteiger partial charge in [0.2, 0.25) is 11.9 Å². The van der Waals surface area contributed by atoms with Crippen LogP contribution in [0.3, 0.4) is 0 Å². The Balaban J connectivity index is 1.41. The highest BCUT2D eigenvalue weighted by Crippen LogP contribution is 2.35. The normalized spacial score (nSPS) is 23.2. The molecule has 41 heavy (non-hydrogen) atoms. The standard InChI is InChI=1S/C29H36F2N8O2/c1-16(2)41-15-19-9-21(30)27(22(31)10-19)24-6-5-20-11-34-29(39(20)37-24)36-25-12-33-8-7-26(25)38-13-17(3)28(23(32)14-38)35-18(4)40/h5-9,11-12,16-17,22-23,28H,10,13-15,32H2,1-4H3,(H,34,36)(H,35,40)/t17-,22?,23+,28-/m0/s1. The van der Waals surface area contributed by atoms with E-state index >= 15 is 8.78 Å². The SMILES string of the molecule is CC(=O)N[C@@H]1[C@H](N)CN(c2ccncc2Nc2ncc3ccc(C4=C(F)C=C(COC(C)C)CC4F)nn23)C[C@@H]1C. The molecule has 10 nitrogen and oxygen atoms in total. The Morgan fingerprint density at radius 3 is 2.76 bits per heavy atom.